The van der Waals surface area contributed by atoms with E-state index in [9.17, 15) is 9.36 Å². The summed E-state index contributed by atoms with van der Waals surface area (Å²) in [5.41, 5.74) is 6.12. The molecule has 1 atom stereocenters. The molecule has 0 spiro atoms. The minimum atomic E-state index is -3.94. The third-order valence-corrected chi connectivity index (χ3v) is 1.71. The second kappa shape index (κ2) is 7.40. The fourth-order valence-corrected chi connectivity index (χ4v) is 0.973. The van der Waals surface area contributed by atoms with Crippen molar-refractivity contribution in [2.24, 2.45) is 5.73 Å². The Balaban J connectivity index is 0.000000494. The fraction of sp³-hybridized carbons (Fsp3) is 0.222. The summed E-state index contributed by atoms with van der Waals surface area (Å²) >= 11 is 2.79. The smallest absolute Gasteiger partial charge is 0.380 e. The molecule has 1 aromatic rings. The van der Waals surface area contributed by atoms with E-state index in [-0.39, 0.29) is 12.2 Å². The van der Waals surface area contributed by atoms with Crippen molar-refractivity contribution in [3.8, 4) is 5.75 Å². The van der Waals surface area contributed by atoms with E-state index >= 15 is 0 Å². The van der Waals surface area contributed by atoms with Gasteiger partial charge in [-0.15, -0.1) is 0 Å². The summed E-state index contributed by atoms with van der Waals surface area (Å²) in [6.45, 7) is -3.94. The highest BCUT2D eigenvalue weighted by Crippen LogP contribution is 2.39. The molecule has 0 aromatic heterocycles. The number of phenols is 1. The van der Waals surface area contributed by atoms with Crippen LogP contribution in [0.25, 0.3) is 0 Å². The van der Waals surface area contributed by atoms with E-state index in [4.69, 9.17) is 25.7 Å². The van der Waals surface area contributed by atoms with E-state index < -0.39 is 18.8 Å². The molecular formula is C9H14NO6PS. The van der Waals surface area contributed by atoms with Crippen LogP contribution in [-0.4, -0.2) is 32.0 Å². The number of carbonyl (C=O) groups is 1. The van der Waals surface area contributed by atoms with Gasteiger partial charge in [-0.05, 0) is 24.1 Å². The highest BCUT2D eigenvalue weighted by atomic mass is 32.7. The van der Waals surface area contributed by atoms with Crippen molar-refractivity contribution in [3.05, 3.63) is 29.8 Å². The van der Waals surface area contributed by atoms with Crippen LogP contribution in [0.3, 0.4) is 0 Å². The summed E-state index contributed by atoms with van der Waals surface area (Å²) in [6.07, 6.45) is 0.273. The molecule has 0 aliphatic rings. The van der Waals surface area contributed by atoms with Crippen LogP contribution in [0.1, 0.15) is 5.56 Å². The Bertz CT molecular complexity index is 423. The Morgan fingerprint density at radius 3 is 2.06 bits per heavy atom. The van der Waals surface area contributed by atoms with Crippen molar-refractivity contribution in [1.29, 1.82) is 0 Å². The van der Waals surface area contributed by atoms with Gasteiger partial charge in [0, 0.05) is 0 Å². The molecule has 0 aliphatic heterocycles. The Kier molecular flexibility index (Phi) is 6.97. The minimum Gasteiger partial charge on any atom is -0.508 e. The Morgan fingerprint density at radius 2 is 1.72 bits per heavy atom. The van der Waals surface area contributed by atoms with Crippen molar-refractivity contribution in [3.63, 3.8) is 0 Å². The molecule has 1 rings (SSSR count). The lowest BCUT2D eigenvalue weighted by Gasteiger charge is -2.05. The lowest BCUT2D eigenvalue weighted by Crippen LogP contribution is -2.32. The highest BCUT2D eigenvalue weighted by molar-refractivity contribution is 8.43. The van der Waals surface area contributed by atoms with E-state index in [0.29, 0.717) is 0 Å². The first-order valence-corrected chi connectivity index (χ1v) is 7.40. The third kappa shape index (κ3) is 10.1. The van der Waals surface area contributed by atoms with Gasteiger partial charge in [0.05, 0.1) is 0 Å². The zero-order valence-electron chi connectivity index (χ0n) is 9.17. The number of thiol groups is 1. The van der Waals surface area contributed by atoms with Crippen LogP contribution in [0.15, 0.2) is 24.3 Å². The number of phenolic OH excluding ortho intramolecular Hbond substituents is 1. The molecule has 7 nitrogen and oxygen atoms in total. The summed E-state index contributed by atoms with van der Waals surface area (Å²) in [5.74, 6) is -0.860. The van der Waals surface area contributed by atoms with Crippen LogP contribution in [0.5, 0.6) is 5.75 Å². The maximum absolute atomic E-state index is 10.4. The normalized spacial score (nSPS) is 12.2. The molecule has 0 saturated carbocycles. The summed E-state index contributed by atoms with van der Waals surface area (Å²) in [7, 11) is 0. The van der Waals surface area contributed by atoms with Gasteiger partial charge in [-0.25, -0.2) is 4.57 Å². The van der Waals surface area contributed by atoms with Gasteiger partial charge in [0.2, 0.25) is 0 Å². The van der Waals surface area contributed by atoms with Crippen LogP contribution in [0.4, 0.5) is 0 Å². The number of carboxylic acid groups (broad SMARTS) is 1. The molecule has 18 heavy (non-hydrogen) atoms. The Hall–Kier alpha value is -1.05. The molecule has 1 unspecified atom stereocenters. The molecule has 0 saturated heterocycles. The molecule has 102 valence electrons. The molecule has 0 fully saturated rings. The van der Waals surface area contributed by atoms with Crippen molar-refractivity contribution < 1.29 is 29.4 Å². The minimum absolute atomic E-state index is 0.160. The zero-order valence-corrected chi connectivity index (χ0v) is 11.0. The van der Waals surface area contributed by atoms with Crippen molar-refractivity contribution in [2.45, 2.75) is 12.5 Å². The number of hydrogen-bond donors (Lipinski definition) is 6. The van der Waals surface area contributed by atoms with Gasteiger partial charge in [0.15, 0.2) is 0 Å². The molecular weight excluding hydrogens is 281 g/mol. The maximum atomic E-state index is 10.4. The predicted molar refractivity (Wildman–Crippen MR) is 68.5 cm³/mol. The predicted octanol–water partition coefficient (Wildman–Crippen LogP) is 0.355. The first-order chi connectivity index (χ1) is 8.09. The van der Waals surface area contributed by atoms with Gasteiger partial charge in [0.1, 0.15) is 11.8 Å². The number of carboxylic acids is 1. The van der Waals surface area contributed by atoms with Crippen LogP contribution < -0.4 is 5.73 Å². The van der Waals surface area contributed by atoms with Gasteiger partial charge in [-0.3, -0.25) is 4.79 Å². The second-order valence-corrected chi connectivity index (χ2v) is 5.92. The number of benzene rings is 1. The lowest BCUT2D eigenvalue weighted by atomic mass is 10.1. The van der Waals surface area contributed by atoms with E-state index in [1.54, 1.807) is 12.1 Å². The summed E-state index contributed by atoms with van der Waals surface area (Å²) in [4.78, 5) is 25.4. The maximum Gasteiger partial charge on any atom is 0.380 e. The molecule has 9 heteroatoms. The number of aliphatic carboxylic acids is 1. The van der Waals surface area contributed by atoms with Gasteiger partial charge >= 0.3 is 12.8 Å². The number of rotatable bonds is 3. The average molecular weight is 295 g/mol. The molecule has 0 heterocycles. The molecule has 0 radical (unpaired) electrons. The van der Waals surface area contributed by atoms with Crippen LogP contribution in [-0.2, 0) is 15.8 Å². The van der Waals surface area contributed by atoms with Gasteiger partial charge in [-0.2, -0.15) is 0 Å². The van der Waals surface area contributed by atoms with E-state index in [2.05, 4.69) is 12.2 Å². The first-order valence-electron chi connectivity index (χ1n) is 4.64. The fourth-order valence-electron chi connectivity index (χ4n) is 0.973. The molecule has 0 amide bonds. The Morgan fingerprint density at radius 1 is 1.33 bits per heavy atom. The topological polar surface area (TPSA) is 141 Å². The summed E-state index contributed by atoms with van der Waals surface area (Å²) in [5, 5.41) is 17.5. The standard InChI is InChI=1S/C9H11NO3.H3O3PS/c10-8(9(12)13)5-6-1-3-7(11)4-2-6;1-4(2,3)5/h1-4,8,11H,5,10H2,(H,12,13);(H3,1,2,3,5). The van der Waals surface area contributed by atoms with Crippen LogP contribution in [0, 0.1) is 0 Å². The van der Waals surface area contributed by atoms with Crippen molar-refractivity contribution in [1.82, 2.24) is 0 Å². The van der Waals surface area contributed by atoms with Crippen molar-refractivity contribution in [2.75, 3.05) is 0 Å². The second-order valence-electron chi connectivity index (χ2n) is 3.33. The average Bonchev–Trinajstić information content (AvgIpc) is 2.18. The Labute approximate surface area is 109 Å². The number of hydrogen-bond acceptors (Lipinski definition) is 4. The third-order valence-electron chi connectivity index (χ3n) is 1.71. The molecule has 0 aliphatic carbocycles. The quantitative estimate of drug-likeness (QED) is 0.349. The monoisotopic (exact) mass is 295 g/mol. The molecule has 1 aromatic carbocycles. The zero-order chi connectivity index (χ0) is 14.3. The summed E-state index contributed by atoms with van der Waals surface area (Å²) < 4.78 is 9.19. The van der Waals surface area contributed by atoms with Crippen LogP contribution in [0.2, 0.25) is 0 Å². The van der Waals surface area contributed by atoms with E-state index in [0.717, 1.165) is 5.56 Å². The van der Waals surface area contributed by atoms with Crippen molar-refractivity contribution >= 4 is 25.0 Å². The van der Waals surface area contributed by atoms with Gasteiger partial charge in [-0.1, -0.05) is 24.4 Å². The molecule has 0 bridgehead atoms. The van der Waals surface area contributed by atoms with Crippen LogP contribution >= 0.6 is 19.0 Å². The lowest BCUT2D eigenvalue weighted by molar-refractivity contribution is -0.138. The highest BCUT2D eigenvalue weighted by Gasteiger charge is 2.11. The van der Waals surface area contributed by atoms with Gasteiger partial charge in [0.25, 0.3) is 0 Å². The molecule has 6 N–H and O–H groups in total. The van der Waals surface area contributed by atoms with E-state index in [1.165, 1.54) is 12.1 Å². The number of nitrogens with two attached hydrogens (primary N) is 1. The largest absolute Gasteiger partial charge is 0.508 e. The SMILES string of the molecule is NC(Cc1ccc(O)cc1)C(=O)O.O=P(O)(O)S. The first kappa shape index (κ1) is 16.9. The summed E-state index contributed by atoms with van der Waals surface area (Å²) in [6, 6.07) is 5.42. The van der Waals surface area contributed by atoms with E-state index in [1.807, 2.05) is 0 Å². The van der Waals surface area contributed by atoms with Gasteiger partial charge < -0.3 is 25.7 Å². The number of aromatic hydroxyl groups is 1.